The van der Waals surface area contributed by atoms with Crippen molar-refractivity contribution in [3.05, 3.63) is 0 Å². The molecule has 2 rings (SSSR count). The van der Waals surface area contributed by atoms with Crippen LogP contribution < -0.4 is 0 Å². The highest BCUT2D eigenvalue weighted by Gasteiger charge is 2.31. The Balaban J connectivity index is 1.94. The van der Waals surface area contributed by atoms with Crippen LogP contribution in [0.3, 0.4) is 0 Å². The second-order valence-electron chi connectivity index (χ2n) is 5.67. The number of urea groups is 1. The van der Waals surface area contributed by atoms with E-state index in [1.165, 1.54) is 19.3 Å². The van der Waals surface area contributed by atoms with Crippen LogP contribution in [0, 0.1) is 5.41 Å². The van der Waals surface area contributed by atoms with E-state index in [-0.39, 0.29) is 6.03 Å². The molecule has 2 amide bonds. The molecular formula is C12H22N2O. The molecule has 0 aromatic rings. The van der Waals surface area contributed by atoms with Gasteiger partial charge in [-0.25, -0.2) is 4.79 Å². The van der Waals surface area contributed by atoms with E-state index < -0.39 is 0 Å². The lowest BCUT2D eigenvalue weighted by molar-refractivity contribution is 0.108. The largest absolute Gasteiger partial charge is 0.325 e. The van der Waals surface area contributed by atoms with Crippen LogP contribution in [-0.2, 0) is 0 Å². The van der Waals surface area contributed by atoms with Crippen molar-refractivity contribution in [1.82, 2.24) is 9.80 Å². The third kappa shape index (κ3) is 2.44. The Morgan fingerprint density at radius 3 is 2.20 bits per heavy atom. The van der Waals surface area contributed by atoms with Crippen LogP contribution in [0.25, 0.3) is 0 Å². The molecule has 0 aliphatic carbocycles. The molecule has 0 N–H and O–H groups in total. The summed E-state index contributed by atoms with van der Waals surface area (Å²) in [6.07, 6.45) is 4.77. The van der Waals surface area contributed by atoms with Crippen molar-refractivity contribution >= 4 is 6.03 Å². The van der Waals surface area contributed by atoms with Gasteiger partial charge in [0.25, 0.3) is 0 Å². The molecule has 0 spiro atoms. The lowest BCUT2D eigenvalue weighted by atomic mass is 9.84. The summed E-state index contributed by atoms with van der Waals surface area (Å²) in [6, 6.07) is 0.278. The molecule has 2 aliphatic heterocycles. The van der Waals surface area contributed by atoms with Crippen molar-refractivity contribution in [3.63, 3.8) is 0 Å². The molecule has 2 aliphatic rings. The molecule has 86 valence electrons. The average Bonchev–Trinajstić information content (AvgIpc) is 2.67. The van der Waals surface area contributed by atoms with Crippen molar-refractivity contribution in [2.24, 2.45) is 5.41 Å². The number of nitrogens with zero attached hydrogens (tertiary/aromatic N) is 2. The molecule has 3 heteroatoms. The molecule has 0 aromatic carbocycles. The highest BCUT2D eigenvalue weighted by atomic mass is 16.2. The second kappa shape index (κ2) is 4.03. The summed E-state index contributed by atoms with van der Waals surface area (Å²) >= 11 is 0. The number of piperidine rings is 1. The summed E-state index contributed by atoms with van der Waals surface area (Å²) in [5.41, 5.74) is 0.313. The van der Waals surface area contributed by atoms with Crippen LogP contribution in [0.15, 0.2) is 0 Å². The number of hydrogen-bond acceptors (Lipinski definition) is 1. The smallest absolute Gasteiger partial charge is 0.320 e. The first-order valence-electron chi connectivity index (χ1n) is 6.12. The first-order chi connectivity index (χ1) is 7.08. The molecule has 0 radical (unpaired) electrons. The monoisotopic (exact) mass is 210 g/mol. The van der Waals surface area contributed by atoms with Gasteiger partial charge < -0.3 is 9.80 Å². The van der Waals surface area contributed by atoms with E-state index in [0.717, 1.165) is 32.6 Å². The lowest BCUT2D eigenvalue weighted by Gasteiger charge is -2.39. The number of hydrogen-bond donors (Lipinski definition) is 0. The fourth-order valence-electron chi connectivity index (χ4n) is 2.69. The zero-order valence-electron chi connectivity index (χ0n) is 9.96. The molecule has 0 aromatic heterocycles. The minimum absolute atomic E-state index is 0.278. The molecule has 0 unspecified atom stereocenters. The zero-order valence-corrected chi connectivity index (χ0v) is 9.96. The van der Waals surface area contributed by atoms with Gasteiger partial charge in [0.1, 0.15) is 0 Å². The van der Waals surface area contributed by atoms with Crippen molar-refractivity contribution in [3.8, 4) is 0 Å². The van der Waals surface area contributed by atoms with Crippen LogP contribution in [0.5, 0.6) is 0 Å². The molecule has 15 heavy (non-hydrogen) atoms. The molecule has 2 heterocycles. The maximum Gasteiger partial charge on any atom is 0.320 e. The van der Waals surface area contributed by atoms with Crippen LogP contribution in [0.2, 0.25) is 0 Å². The van der Waals surface area contributed by atoms with E-state index in [4.69, 9.17) is 0 Å². The van der Waals surface area contributed by atoms with Crippen molar-refractivity contribution < 1.29 is 4.79 Å². The van der Waals surface area contributed by atoms with E-state index in [1.54, 1.807) is 0 Å². The van der Waals surface area contributed by atoms with Gasteiger partial charge in [0.15, 0.2) is 0 Å². The number of amides is 2. The maximum absolute atomic E-state index is 12.1. The first-order valence-corrected chi connectivity index (χ1v) is 6.12. The molecule has 0 saturated carbocycles. The van der Waals surface area contributed by atoms with Crippen LogP contribution in [0.4, 0.5) is 4.79 Å². The second-order valence-corrected chi connectivity index (χ2v) is 5.67. The Bertz CT molecular complexity index is 244. The van der Waals surface area contributed by atoms with Gasteiger partial charge in [-0.2, -0.15) is 0 Å². The molecule has 2 fully saturated rings. The summed E-state index contributed by atoms with van der Waals surface area (Å²) in [7, 11) is 0. The van der Waals surface area contributed by atoms with Gasteiger partial charge in [0.05, 0.1) is 0 Å². The van der Waals surface area contributed by atoms with Gasteiger partial charge in [-0.1, -0.05) is 13.8 Å². The summed E-state index contributed by atoms with van der Waals surface area (Å²) < 4.78 is 0. The molecule has 0 bridgehead atoms. The summed E-state index contributed by atoms with van der Waals surface area (Å²) in [6.45, 7) is 8.35. The molecule has 2 saturated heterocycles. The quantitative estimate of drug-likeness (QED) is 0.602. The van der Waals surface area contributed by atoms with Gasteiger partial charge in [-0.15, -0.1) is 0 Å². The van der Waals surface area contributed by atoms with E-state index in [9.17, 15) is 4.79 Å². The standard InChI is InChI=1S/C12H22N2O/c1-12(2)6-5-9-14(10-12)11(15)13-7-3-4-8-13/h3-10H2,1-2H3. The Hall–Kier alpha value is -0.730. The topological polar surface area (TPSA) is 23.6 Å². The van der Waals surface area contributed by atoms with Crippen molar-refractivity contribution in [1.29, 1.82) is 0 Å². The average molecular weight is 210 g/mol. The third-order valence-corrected chi connectivity index (χ3v) is 3.55. The number of carbonyl (C=O) groups excluding carboxylic acids is 1. The van der Waals surface area contributed by atoms with Crippen molar-refractivity contribution in [2.75, 3.05) is 26.2 Å². The Morgan fingerprint density at radius 1 is 1.00 bits per heavy atom. The zero-order chi connectivity index (χ0) is 10.9. The lowest BCUT2D eigenvalue weighted by Crippen LogP contribution is -2.48. The summed E-state index contributed by atoms with van der Waals surface area (Å²) in [4.78, 5) is 16.2. The van der Waals surface area contributed by atoms with Crippen LogP contribution in [-0.4, -0.2) is 42.0 Å². The minimum Gasteiger partial charge on any atom is -0.325 e. The van der Waals surface area contributed by atoms with E-state index in [1.807, 2.05) is 4.90 Å². The molecule has 3 nitrogen and oxygen atoms in total. The highest BCUT2D eigenvalue weighted by Crippen LogP contribution is 2.29. The van der Waals surface area contributed by atoms with E-state index >= 15 is 0 Å². The minimum atomic E-state index is 0.278. The van der Waals surface area contributed by atoms with Gasteiger partial charge in [-0.05, 0) is 31.1 Å². The predicted molar refractivity (Wildman–Crippen MR) is 60.8 cm³/mol. The van der Waals surface area contributed by atoms with Gasteiger partial charge in [0.2, 0.25) is 0 Å². The Morgan fingerprint density at radius 2 is 1.60 bits per heavy atom. The van der Waals surface area contributed by atoms with Crippen LogP contribution >= 0.6 is 0 Å². The Labute approximate surface area is 92.4 Å². The Kier molecular flexibility index (Phi) is 2.89. The number of carbonyl (C=O) groups is 1. The summed E-state index contributed by atoms with van der Waals surface area (Å²) in [5, 5.41) is 0. The van der Waals surface area contributed by atoms with Gasteiger partial charge in [0, 0.05) is 26.2 Å². The fourth-order valence-corrected chi connectivity index (χ4v) is 2.69. The SMILES string of the molecule is CC1(C)CCCN(C(=O)N2CCCC2)C1. The highest BCUT2D eigenvalue weighted by molar-refractivity contribution is 5.74. The number of likely N-dealkylation sites (tertiary alicyclic amines) is 2. The van der Waals surface area contributed by atoms with Crippen molar-refractivity contribution in [2.45, 2.75) is 39.5 Å². The summed E-state index contributed by atoms with van der Waals surface area (Å²) in [5.74, 6) is 0. The fraction of sp³-hybridized carbons (Fsp3) is 0.917. The van der Waals surface area contributed by atoms with E-state index in [2.05, 4.69) is 18.7 Å². The van der Waals surface area contributed by atoms with Gasteiger partial charge >= 0.3 is 6.03 Å². The maximum atomic E-state index is 12.1. The molecular weight excluding hydrogens is 188 g/mol. The predicted octanol–water partition coefficient (Wildman–Crippen LogP) is 2.32. The van der Waals surface area contributed by atoms with E-state index in [0.29, 0.717) is 5.41 Å². The first kappa shape index (κ1) is 10.8. The third-order valence-electron chi connectivity index (χ3n) is 3.55. The normalized spacial score (nSPS) is 25.7. The number of rotatable bonds is 0. The van der Waals surface area contributed by atoms with Crippen LogP contribution in [0.1, 0.15) is 39.5 Å². The van der Waals surface area contributed by atoms with Gasteiger partial charge in [-0.3, -0.25) is 0 Å². The molecule has 0 atom stereocenters.